The summed E-state index contributed by atoms with van der Waals surface area (Å²) in [5.74, 6) is -1.39. The molecule has 0 aliphatic rings. The average Bonchev–Trinajstić information content (AvgIpc) is 2.51. The molecule has 1 rings (SSSR count). The van der Waals surface area contributed by atoms with Crippen LogP contribution in [0.5, 0.6) is 0 Å². The van der Waals surface area contributed by atoms with Gasteiger partial charge in [-0.15, -0.1) is 12.4 Å². The average molecular weight is 355 g/mol. The minimum absolute atomic E-state index is 0. The molecule has 0 fully saturated rings. The van der Waals surface area contributed by atoms with Gasteiger partial charge >= 0.3 is 1.43 Å². The number of carboxylic acids is 1. The van der Waals surface area contributed by atoms with Gasteiger partial charge in [-0.05, 0) is 30.4 Å². The highest BCUT2D eigenvalue weighted by Gasteiger charge is 2.25. The van der Waals surface area contributed by atoms with E-state index in [0.29, 0.717) is 6.42 Å². The molecule has 0 radical (unpaired) electrons. The first kappa shape index (κ1) is 22.1. The van der Waals surface area contributed by atoms with Gasteiger partial charge in [0.2, 0.25) is 5.91 Å². The molecule has 5 nitrogen and oxygen atoms in total. The van der Waals surface area contributed by atoms with Crippen molar-refractivity contribution < 1.29 is 16.1 Å². The predicted molar refractivity (Wildman–Crippen MR) is 96.6 cm³/mol. The minimum Gasteiger partial charge on any atom is -0.545 e. The SMILES string of the molecule is C/C(=C\[C@H](C(C)C)N(C)C(=O)[C@@H](N)Cc1ccccc1)C(=O)[O-].Cl.[H+]. The lowest BCUT2D eigenvalue weighted by molar-refractivity contribution is -0.299. The number of halogens is 1. The van der Waals surface area contributed by atoms with Gasteiger partial charge in [0.1, 0.15) is 0 Å². The predicted octanol–water partition coefficient (Wildman–Crippen LogP) is 1.27. The van der Waals surface area contributed by atoms with Gasteiger partial charge in [0.25, 0.3) is 0 Å². The number of rotatable bonds is 7. The summed E-state index contributed by atoms with van der Waals surface area (Å²) in [6.45, 7) is 5.32. The number of carbonyl (C=O) groups excluding carboxylic acids is 2. The second-order valence-electron chi connectivity index (χ2n) is 6.12. The molecule has 0 aromatic heterocycles. The highest BCUT2D eigenvalue weighted by molar-refractivity contribution is 5.85. The van der Waals surface area contributed by atoms with Crippen LogP contribution in [0.2, 0.25) is 0 Å². The van der Waals surface area contributed by atoms with Crippen LogP contribution in [0.1, 0.15) is 27.8 Å². The number of carbonyl (C=O) groups is 2. The van der Waals surface area contributed by atoms with Crippen molar-refractivity contribution in [3.8, 4) is 0 Å². The van der Waals surface area contributed by atoms with E-state index in [1.54, 1.807) is 13.1 Å². The number of hydrogen-bond acceptors (Lipinski definition) is 4. The smallest absolute Gasteiger partial charge is 0.545 e. The van der Waals surface area contributed by atoms with Crippen molar-refractivity contribution in [1.82, 2.24) is 4.90 Å². The molecule has 6 heteroatoms. The highest BCUT2D eigenvalue weighted by Crippen LogP contribution is 2.15. The third-order valence-corrected chi connectivity index (χ3v) is 3.84. The van der Waals surface area contributed by atoms with Crippen LogP contribution in [0.25, 0.3) is 0 Å². The molecule has 0 spiro atoms. The number of amides is 1. The fourth-order valence-electron chi connectivity index (χ4n) is 2.44. The summed E-state index contributed by atoms with van der Waals surface area (Å²) in [6, 6.07) is 8.55. The summed E-state index contributed by atoms with van der Waals surface area (Å²) in [5.41, 5.74) is 7.14. The molecule has 0 heterocycles. The topological polar surface area (TPSA) is 86.5 Å². The molecule has 2 atom stereocenters. The zero-order valence-corrected chi connectivity index (χ0v) is 15.4. The summed E-state index contributed by atoms with van der Waals surface area (Å²) in [6.07, 6.45) is 1.99. The molecule has 0 saturated heterocycles. The van der Waals surface area contributed by atoms with Crippen molar-refractivity contribution in [2.75, 3.05) is 7.05 Å². The van der Waals surface area contributed by atoms with Gasteiger partial charge in [0.15, 0.2) is 0 Å². The van der Waals surface area contributed by atoms with Crippen LogP contribution >= 0.6 is 12.4 Å². The third kappa shape index (κ3) is 6.34. The fourth-order valence-corrected chi connectivity index (χ4v) is 2.44. The van der Waals surface area contributed by atoms with Crippen molar-refractivity contribution in [3.05, 3.63) is 47.5 Å². The molecule has 1 amide bonds. The summed E-state index contributed by atoms with van der Waals surface area (Å²) in [5, 5.41) is 10.9. The Balaban J connectivity index is 0. The molecule has 1 aromatic rings. The van der Waals surface area contributed by atoms with Gasteiger partial charge in [-0.25, -0.2) is 0 Å². The number of nitrogens with two attached hydrogens (primary N) is 1. The molecule has 0 aliphatic heterocycles. The van der Waals surface area contributed by atoms with Crippen LogP contribution in [0, 0.1) is 5.92 Å². The lowest BCUT2D eigenvalue weighted by Crippen LogP contribution is -2.48. The molecule has 0 aliphatic carbocycles. The Labute approximate surface area is 151 Å². The fraction of sp³-hybridized carbons (Fsp3) is 0.444. The van der Waals surface area contributed by atoms with Gasteiger partial charge in [-0.1, -0.05) is 50.3 Å². The molecule has 0 unspecified atom stereocenters. The lowest BCUT2D eigenvalue weighted by Gasteiger charge is -2.31. The zero-order chi connectivity index (χ0) is 17.6. The lowest BCUT2D eigenvalue weighted by atomic mass is 9.98. The molecular formula is C18H27ClN2O3. The first-order chi connectivity index (χ1) is 10.7. The first-order valence-corrected chi connectivity index (χ1v) is 7.70. The standard InChI is InChI=1S/C18H26N2O3.ClH/c1-12(2)16(10-13(3)18(22)23)20(4)17(21)15(19)11-14-8-6-5-7-9-14;/h5-10,12,15-16H,11,19H2,1-4H3,(H,22,23);1H/b13-10+;/t15-,16+;/m0./s1. The van der Waals surface area contributed by atoms with Crippen molar-refractivity contribution in [3.63, 3.8) is 0 Å². The van der Waals surface area contributed by atoms with E-state index in [4.69, 9.17) is 5.73 Å². The van der Waals surface area contributed by atoms with Gasteiger partial charge in [-0.2, -0.15) is 0 Å². The number of likely N-dealkylation sites (N-methyl/N-ethyl adjacent to an activating group) is 1. The molecule has 0 saturated carbocycles. The van der Waals surface area contributed by atoms with Crippen LogP contribution in [-0.4, -0.2) is 35.9 Å². The third-order valence-electron chi connectivity index (χ3n) is 3.84. The van der Waals surface area contributed by atoms with E-state index in [2.05, 4.69) is 0 Å². The zero-order valence-electron chi connectivity index (χ0n) is 15.6. The van der Waals surface area contributed by atoms with Gasteiger partial charge in [-0.3, -0.25) is 4.79 Å². The number of benzene rings is 1. The maximum Gasteiger partial charge on any atom is 1.00 e. The number of aliphatic carboxylic acids is 1. The van der Waals surface area contributed by atoms with Gasteiger partial charge in [0, 0.05) is 7.05 Å². The normalized spacial score (nSPS) is 13.8. The molecule has 134 valence electrons. The van der Waals surface area contributed by atoms with E-state index in [1.165, 1.54) is 11.8 Å². The molecule has 0 bridgehead atoms. The largest absolute Gasteiger partial charge is 1.00 e. The quantitative estimate of drug-likeness (QED) is 0.747. The van der Waals surface area contributed by atoms with E-state index in [-0.39, 0.29) is 37.3 Å². The minimum atomic E-state index is -1.23. The van der Waals surface area contributed by atoms with E-state index >= 15 is 0 Å². The van der Waals surface area contributed by atoms with Crippen molar-refractivity contribution >= 4 is 24.3 Å². The maximum absolute atomic E-state index is 12.6. The van der Waals surface area contributed by atoms with Crippen molar-refractivity contribution in [2.45, 2.75) is 39.3 Å². The van der Waals surface area contributed by atoms with E-state index < -0.39 is 12.0 Å². The van der Waals surface area contributed by atoms with Crippen LogP contribution < -0.4 is 10.8 Å². The summed E-state index contributed by atoms with van der Waals surface area (Å²) in [7, 11) is 1.65. The van der Waals surface area contributed by atoms with Crippen LogP contribution in [0.3, 0.4) is 0 Å². The number of hydrogen-bond donors (Lipinski definition) is 1. The maximum atomic E-state index is 12.6. The molecule has 2 N–H and O–H groups in total. The Kier molecular flexibility index (Phi) is 9.33. The number of nitrogens with zero attached hydrogens (tertiary/aromatic N) is 1. The second-order valence-corrected chi connectivity index (χ2v) is 6.12. The van der Waals surface area contributed by atoms with Crippen LogP contribution in [-0.2, 0) is 16.0 Å². The highest BCUT2D eigenvalue weighted by atomic mass is 35.5. The second kappa shape index (κ2) is 10.1. The first-order valence-electron chi connectivity index (χ1n) is 7.70. The van der Waals surface area contributed by atoms with Crippen LogP contribution in [0.15, 0.2) is 42.0 Å². The monoisotopic (exact) mass is 354 g/mol. The summed E-state index contributed by atoms with van der Waals surface area (Å²) < 4.78 is 0. The molecular weight excluding hydrogens is 328 g/mol. The number of carboxylic acid groups (broad SMARTS) is 1. The van der Waals surface area contributed by atoms with Crippen LogP contribution in [0.4, 0.5) is 0 Å². The Morgan fingerprint density at radius 3 is 2.29 bits per heavy atom. The molecule has 1 aromatic carbocycles. The Morgan fingerprint density at radius 1 is 1.29 bits per heavy atom. The van der Waals surface area contributed by atoms with E-state index in [1.807, 2.05) is 44.2 Å². The Bertz CT molecular complexity index is 579. The van der Waals surface area contributed by atoms with Gasteiger partial charge < -0.3 is 20.5 Å². The van der Waals surface area contributed by atoms with Crippen molar-refractivity contribution in [2.24, 2.45) is 11.7 Å². The Morgan fingerprint density at radius 2 is 1.83 bits per heavy atom. The van der Waals surface area contributed by atoms with Crippen molar-refractivity contribution in [1.29, 1.82) is 0 Å². The van der Waals surface area contributed by atoms with Gasteiger partial charge in [0.05, 0.1) is 18.1 Å². The summed E-state index contributed by atoms with van der Waals surface area (Å²) in [4.78, 5) is 25.0. The molecule has 24 heavy (non-hydrogen) atoms. The Hall–Kier alpha value is -1.85. The summed E-state index contributed by atoms with van der Waals surface area (Å²) >= 11 is 0. The van der Waals surface area contributed by atoms with E-state index in [9.17, 15) is 14.7 Å². The van der Waals surface area contributed by atoms with E-state index in [0.717, 1.165) is 5.56 Å².